The second-order valence-electron chi connectivity index (χ2n) is 4.11. The first-order chi connectivity index (χ1) is 8.56. The number of methoxy groups -OCH3 is 1. The van der Waals surface area contributed by atoms with Gasteiger partial charge in [0.25, 0.3) is 0 Å². The van der Waals surface area contributed by atoms with Gasteiger partial charge in [0.15, 0.2) is 0 Å². The van der Waals surface area contributed by atoms with Crippen LogP contribution in [0, 0.1) is 0 Å². The summed E-state index contributed by atoms with van der Waals surface area (Å²) in [6.45, 7) is 1.48. The van der Waals surface area contributed by atoms with Gasteiger partial charge in [-0.3, -0.25) is 4.68 Å². The third-order valence-corrected chi connectivity index (χ3v) is 2.95. The van der Waals surface area contributed by atoms with Crippen molar-refractivity contribution in [3.8, 4) is 16.9 Å². The minimum atomic E-state index is -1.10. The first kappa shape index (κ1) is 12.4. The van der Waals surface area contributed by atoms with Crippen LogP contribution in [0.5, 0.6) is 5.75 Å². The number of rotatable bonds is 3. The number of hydrogen-bond donors (Lipinski definition) is 1. The van der Waals surface area contributed by atoms with Gasteiger partial charge in [0.2, 0.25) is 0 Å². The van der Waals surface area contributed by atoms with E-state index in [0.29, 0.717) is 17.1 Å². The Bertz CT molecular complexity index is 563. The van der Waals surface area contributed by atoms with Gasteiger partial charge in [-0.25, -0.2) is 4.39 Å². The maximum Gasteiger partial charge on any atom is 0.132 e. The molecule has 0 spiro atoms. The number of halogens is 1. The van der Waals surface area contributed by atoms with Crippen molar-refractivity contribution in [3.63, 3.8) is 0 Å². The van der Waals surface area contributed by atoms with Crippen LogP contribution < -0.4 is 10.5 Å². The first-order valence-electron chi connectivity index (χ1n) is 5.65. The lowest BCUT2D eigenvalue weighted by Crippen LogP contribution is -2.00. The third-order valence-electron chi connectivity index (χ3n) is 2.95. The van der Waals surface area contributed by atoms with E-state index in [4.69, 9.17) is 10.5 Å². The molecule has 0 aliphatic rings. The number of para-hydroxylation sites is 1. The molecule has 96 valence electrons. The summed E-state index contributed by atoms with van der Waals surface area (Å²) in [6, 6.07) is 5.34. The molecule has 1 aromatic heterocycles. The highest BCUT2D eigenvalue weighted by atomic mass is 19.1. The Kier molecular flexibility index (Phi) is 3.23. The number of aryl methyl sites for hydroxylation is 1. The summed E-state index contributed by atoms with van der Waals surface area (Å²) in [5.74, 6) is 1.03. The minimum absolute atomic E-state index is 0.507. The normalized spacial score (nSPS) is 12.4. The lowest BCUT2D eigenvalue weighted by atomic mass is 10.0. The lowest BCUT2D eigenvalue weighted by molar-refractivity contribution is 0.347. The highest BCUT2D eigenvalue weighted by molar-refractivity contribution is 5.79. The van der Waals surface area contributed by atoms with Gasteiger partial charge in [0, 0.05) is 23.7 Å². The predicted molar refractivity (Wildman–Crippen MR) is 69.1 cm³/mol. The van der Waals surface area contributed by atoms with Crippen molar-refractivity contribution in [1.82, 2.24) is 9.78 Å². The quantitative estimate of drug-likeness (QED) is 0.910. The number of nitrogens with two attached hydrogens (primary N) is 1. The second-order valence-corrected chi connectivity index (χ2v) is 4.11. The summed E-state index contributed by atoms with van der Waals surface area (Å²) in [6.07, 6.45) is 0.553. The van der Waals surface area contributed by atoms with Gasteiger partial charge in [0.05, 0.1) is 13.3 Å². The van der Waals surface area contributed by atoms with E-state index in [1.165, 1.54) is 14.0 Å². The maximum absolute atomic E-state index is 13.6. The summed E-state index contributed by atoms with van der Waals surface area (Å²) < 4.78 is 20.4. The van der Waals surface area contributed by atoms with E-state index < -0.39 is 6.17 Å². The number of aromatic nitrogens is 2. The zero-order chi connectivity index (χ0) is 13.3. The second kappa shape index (κ2) is 4.68. The van der Waals surface area contributed by atoms with Gasteiger partial charge in [-0.15, -0.1) is 0 Å². The molecular weight excluding hydrogens is 233 g/mol. The number of ether oxygens (including phenoxy) is 1. The van der Waals surface area contributed by atoms with Crippen molar-refractivity contribution in [2.45, 2.75) is 13.1 Å². The Morgan fingerprint density at radius 3 is 2.61 bits per heavy atom. The van der Waals surface area contributed by atoms with Crippen LogP contribution in [0.2, 0.25) is 0 Å². The highest BCUT2D eigenvalue weighted by Crippen LogP contribution is 2.38. The van der Waals surface area contributed by atoms with Gasteiger partial charge in [0.1, 0.15) is 17.7 Å². The lowest BCUT2D eigenvalue weighted by Gasteiger charge is -2.14. The molecule has 2 aromatic rings. The van der Waals surface area contributed by atoms with Crippen molar-refractivity contribution in [2.24, 2.45) is 7.05 Å². The summed E-state index contributed by atoms with van der Waals surface area (Å²) in [7, 11) is 3.28. The number of anilines is 1. The zero-order valence-electron chi connectivity index (χ0n) is 10.6. The molecule has 0 radical (unpaired) electrons. The molecule has 1 heterocycles. The zero-order valence-corrected chi connectivity index (χ0v) is 10.6. The average Bonchev–Trinajstić information content (AvgIpc) is 2.69. The van der Waals surface area contributed by atoms with Crippen LogP contribution in [0.1, 0.15) is 18.7 Å². The van der Waals surface area contributed by atoms with Crippen molar-refractivity contribution >= 4 is 5.82 Å². The Morgan fingerprint density at radius 1 is 1.39 bits per heavy atom. The average molecular weight is 249 g/mol. The molecule has 0 fully saturated rings. The summed E-state index contributed by atoms with van der Waals surface area (Å²) in [5.41, 5.74) is 7.95. The summed E-state index contributed by atoms with van der Waals surface area (Å²) >= 11 is 0. The molecule has 1 atom stereocenters. The topological polar surface area (TPSA) is 53.1 Å². The van der Waals surface area contributed by atoms with Crippen LogP contribution in [0.15, 0.2) is 24.4 Å². The number of nitrogens with zero attached hydrogens (tertiary/aromatic N) is 2. The molecule has 5 heteroatoms. The van der Waals surface area contributed by atoms with Gasteiger partial charge in [-0.05, 0) is 6.92 Å². The van der Waals surface area contributed by atoms with Gasteiger partial charge < -0.3 is 10.5 Å². The summed E-state index contributed by atoms with van der Waals surface area (Å²) in [4.78, 5) is 0. The summed E-state index contributed by atoms with van der Waals surface area (Å²) in [5, 5.41) is 4.08. The number of nitrogen functional groups attached to an aromatic ring is 1. The third kappa shape index (κ3) is 1.92. The Morgan fingerprint density at radius 2 is 2.11 bits per heavy atom. The first-order valence-corrected chi connectivity index (χ1v) is 5.65. The molecule has 18 heavy (non-hydrogen) atoms. The number of alkyl halides is 1. The van der Waals surface area contributed by atoms with Crippen molar-refractivity contribution in [1.29, 1.82) is 0 Å². The smallest absolute Gasteiger partial charge is 0.132 e. The Hall–Kier alpha value is -2.04. The molecule has 2 N–H and O–H groups in total. The molecule has 0 aliphatic heterocycles. The Labute approximate surface area is 105 Å². The van der Waals surface area contributed by atoms with Crippen LogP contribution >= 0.6 is 0 Å². The fraction of sp³-hybridized carbons (Fsp3) is 0.308. The molecule has 0 bridgehead atoms. The number of hydrogen-bond acceptors (Lipinski definition) is 3. The molecule has 1 aromatic carbocycles. The SMILES string of the molecule is COc1c(-c2cnn(C)c2N)cccc1C(C)F. The fourth-order valence-corrected chi connectivity index (χ4v) is 1.96. The van der Waals surface area contributed by atoms with E-state index >= 15 is 0 Å². The molecule has 2 rings (SSSR count). The van der Waals surface area contributed by atoms with Crippen LogP contribution in [0.4, 0.5) is 10.2 Å². The Balaban J connectivity index is 2.64. The fourth-order valence-electron chi connectivity index (χ4n) is 1.96. The highest BCUT2D eigenvalue weighted by Gasteiger charge is 2.18. The van der Waals surface area contributed by atoms with E-state index in [0.717, 1.165) is 11.1 Å². The minimum Gasteiger partial charge on any atom is -0.496 e. The standard InChI is InChI=1S/C13H16FN3O/c1-8(14)9-5-4-6-10(12(9)18-3)11-7-16-17(2)13(11)15/h4-8H,15H2,1-3H3. The van der Waals surface area contributed by atoms with Crippen molar-refractivity contribution in [3.05, 3.63) is 30.0 Å². The number of benzene rings is 1. The van der Waals surface area contributed by atoms with E-state index in [1.807, 2.05) is 6.07 Å². The molecule has 0 aliphatic carbocycles. The molecule has 0 amide bonds. The van der Waals surface area contributed by atoms with Gasteiger partial charge in [-0.1, -0.05) is 18.2 Å². The largest absolute Gasteiger partial charge is 0.496 e. The van der Waals surface area contributed by atoms with E-state index in [9.17, 15) is 4.39 Å². The van der Waals surface area contributed by atoms with E-state index in [2.05, 4.69) is 5.10 Å². The van der Waals surface area contributed by atoms with Crippen LogP contribution in [0.25, 0.3) is 11.1 Å². The predicted octanol–water partition coefficient (Wildman–Crippen LogP) is 2.71. The molecule has 4 nitrogen and oxygen atoms in total. The van der Waals surface area contributed by atoms with Crippen LogP contribution in [0.3, 0.4) is 0 Å². The van der Waals surface area contributed by atoms with Crippen molar-refractivity contribution < 1.29 is 9.13 Å². The monoisotopic (exact) mass is 249 g/mol. The maximum atomic E-state index is 13.6. The van der Waals surface area contributed by atoms with E-state index in [1.54, 1.807) is 30.1 Å². The molecule has 0 saturated heterocycles. The molecule has 0 saturated carbocycles. The van der Waals surface area contributed by atoms with Crippen molar-refractivity contribution in [2.75, 3.05) is 12.8 Å². The van der Waals surface area contributed by atoms with Gasteiger partial charge >= 0.3 is 0 Å². The van der Waals surface area contributed by atoms with Gasteiger partial charge in [-0.2, -0.15) is 5.10 Å². The van der Waals surface area contributed by atoms with Crippen LogP contribution in [-0.4, -0.2) is 16.9 Å². The molecular formula is C13H16FN3O. The molecule has 1 unspecified atom stereocenters. The van der Waals surface area contributed by atoms with Crippen LogP contribution in [-0.2, 0) is 7.05 Å². The van der Waals surface area contributed by atoms with E-state index in [-0.39, 0.29) is 0 Å².